The van der Waals surface area contributed by atoms with E-state index in [4.69, 9.17) is 14.2 Å². The largest absolute Gasteiger partial charge is 0.497 e. The molecule has 2 aromatic carbocycles. The number of carbonyl (C=O) groups is 2. The van der Waals surface area contributed by atoms with Gasteiger partial charge in [-0.25, -0.2) is 4.79 Å². The van der Waals surface area contributed by atoms with Crippen molar-refractivity contribution in [1.82, 2.24) is 10.3 Å². The van der Waals surface area contributed by atoms with Crippen molar-refractivity contribution in [1.29, 1.82) is 0 Å². The zero-order chi connectivity index (χ0) is 26.5. The van der Waals surface area contributed by atoms with Crippen LogP contribution in [0.5, 0.6) is 11.5 Å². The Bertz CT molecular complexity index is 1270. The van der Waals surface area contributed by atoms with Gasteiger partial charge in [0.2, 0.25) is 5.91 Å². The summed E-state index contributed by atoms with van der Waals surface area (Å²) < 4.78 is 17.3. The minimum atomic E-state index is -0.565. The van der Waals surface area contributed by atoms with Crippen LogP contribution in [0.2, 0.25) is 0 Å². The number of nitrogens with zero attached hydrogens (tertiary/aromatic N) is 1. The Morgan fingerprint density at radius 3 is 2.61 bits per heavy atom. The Labute approximate surface area is 220 Å². The van der Waals surface area contributed by atoms with E-state index in [1.165, 1.54) is 0 Å². The van der Waals surface area contributed by atoms with Gasteiger partial charge in [-0.1, -0.05) is 6.07 Å². The molecule has 0 saturated carbocycles. The van der Waals surface area contributed by atoms with Gasteiger partial charge in [0.1, 0.15) is 23.7 Å². The third-order valence-electron chi connectivity index (χ3n) is 6.71. The maximum atomic E-state index is 12.6. The zero-order valence-electron chi connectivity index (χ0n) is 20.9. The van der Waals surface area contributed by atoms with Crippen LogP contribution >= 0.6 is 0 Å². The molecule has 3 heterocycles. The molecule has 0 spiro atoms. The van der Waals surface area contributed by atoms with Gasteiger partial charge in [-0.15, -0.1) is 0 Å². The summed E-state index contributed by atoms with van der Waals surface area (Å²) in [5.74, 6) is 1.14. The van der Waals surface area contributed by atoms with Crippen molar-refractivity contribution in [3.8, 4) is 11.5 Å². The van der Waals surface area contributed by atoms with Crippen molar-refractivity contribution in [3.05, 3.63) is 78.1 Å². The summed E-state index contributed by atoms with van der Waals surface area (Å²) in [7, 11) is 1.58. The number of amides is 3. The summed E-state index contributed by atoms with van der Waals surface area (Å²) in [5, 5.41) is 18.5. The molecule has 10 heteroatoms. The van der Waals surface area contributed by atoms with E-state index in [0.717, 1.165) is 11.3 Å². The van der Waals surface area contributed by atoms with Crippen LogP contribution in [0.25, 0.3) is 0 Å². The third kappa shape index (κ3) is 5.87. The van der Waals surface area contributed by atoms with E-state index in [2.05, 4.69) is 20.9 Å². The molecule has 5 rings (SSSR count). The third-order valence-corrected chi connectivity index (χ3v) is 6.71. The number of anilines is 2. The quantitative estimate of drug-likeness (QED) is 0.359. The summed E-state index contributed by atoms with van der Waals surface area (Å²) in [6, 6.07) is 17.6. The number of pyridine rings is 1. The molecule has 3 amide bonds. The van der Waals surface area contributed by atoms with E-state index in [1.807, 2.05) is 24.3 Å². The number of aromatic nitrogens is 1. The van der Waals surface area contributed by atoms with Crippen LogP contribution in [0.4, 0.5) is 16.2 Å². The highest BCUT2D eigenvalue weighted by Crippen LogP contribution is 2.47. The first-order valence-corrected chi connectivity index (χ1v) is 12.5. The first-order chi connectivity index (χ1) is 18.5. The number of rotatable bonds is 8. The number of fused-ring (bicyclic) bond motifs is 3. The number of aliphatic hydroxyl groups is 1. The summed E-state index contributed by atoms with van der Waals surface area (Å²) in [5.41, 5.74) is 2.92. The van der Waals surface area contributed by atoms with Crippen LogP contribution in [-0.4, -0.2) is 54.1 Å². The predicted octanol–water partition coefficient (Wildman–Crippen LogP) is 3.44. The zero-order valence-corrected chi connectivity index (χ0v) is 20.9. The highest BCUT2D eigenvalue weighted by Gasteiger charge is 2.46. The first-order valence-electron chi connectivity index (χ1n) is 12.5. The molecule has 4 N–H and O–H groups in total. The van der Waals surface area contributed by atoms with Crippen molar-refractivity contribution in [2.45, 2.75) is 43.6 Å². The second-order valence-corrected chi connectivity index (χ2v) is 9.27. The molecule has 1 aromatic heterocycles. The Hall–Kier alpha value is -4.15. The molecule has 4 atom stereocenters. The van der Waals surface area contributed by atoms with Crippen molar-refractivity contribution in [2.75, 3.05) is 24.4 Å². The molecule has 1 saturated heterocycles. The first kappa shape index (κ1) is 25.5. The van der Waals surface area contributed by atoms with E-state index >= 15 is 0 Å². The van der Waals surface area contributed by atoms with Gasteiger partial charge in [0, 0.05) is 29.1 Å². The van der Waals surface area contributed by atoms with Gasteiger partial charge in [0.15, 0.2) is 0 Å². The molecule has 0 bridgehead atoms. The average molecular weight is 519 g/mol. The molecule has 198 valence electrons. The second-order valence-electron chi connectivity index (χ2n) is 9.27. The molecular formula is C28H30N4O6. The van der Waals surface area contributed by atoms with Crippen LogP contribution < -0.4 is 25.4 Å². The standard InChI is InChI=1S/C28H30N4O6/c1-36-20-8-5-17(6-9-20)31-28(35)32-18-7-10-24-22(12-18)23-13-21(37-25(16-33)27(23)38-24)14-26(34)30-15-19-4-2-3-11-29-19/h2-12,21,23,25,27,33H,13-16H2,1H3,(H,30,34)(H2,31,32,35)/t21-,23-,25+,27+/m0/s1. The fourth-order valence-electron chi connectivity index (χ4n) is 4.91. The van der Waals surface area contributed by atoms with Crippen molar-refractivity contribution >= 4 is 23.3 Å². The van der Waals surface area contributed by atoms with Gasteiger partial charge < -0.3 is 35.3 Å². The smallest absolute Gasteiger partial charge is 0.323 e. The number of ether oxygens (including phenoxy) is 3. The molecule has 10 nitrogen and oxygen atoms in total. The van der Waals surface area contributed by atoms with E-state index in [0.29, 0.717) is 35.8 Å². The number of aliphatic hydroxyl groups excluding tert-OH is 1. The number of urea groups is 1. The van der Waals surface area contributed by atoms with Gasteiger partial charge in [-0.05, 0) is 61.0 Å². The Kier molecular flexibility index (Phi) is 7.71. The van der Waals surface area contributed by atoms with Crippen LogP contribution in [0.3, 0.4) is 0 Å². The molecule has 2 aliphatic heterocycles. The second kappa shape index (κ2) is 11.5. The minimum absolute atomic E-state index is 0.0871. The number of hydrogen-bond acceptors (Lipinski definition) is 7. The highest BCUT2D eigenvalue weighted by atomic mass is 16.6. The Balaban J connectivity index is 1.22. The number of methoxy groups -OCH3 is 1. The number of nitrogens with one attached hydrogen (secondary N) is 3. The summed E-state index contributed by atoms with van der Waals surface area (Å²) in [6.45, 7) is 0.109. The number of carbonyl (C=O) groups excluding carboxylic acids is 2. The normalized spacial score (nSPS) is 21.4. The summed E-state index contributed by atoms with van der Waals surface area (Å²) in [4.78, 5) is 29.4. The Morgan fingerprint density at radius 1 is 1.08 bits per heavy atom. The molecule has 3 aromatic rings. The lowest BCUT2D eigenvalue weighted by atomic mass is 9.84. The molecule has 1 fully saturated rings. The van der Waals surface area contributed by atoms with Crippen LogP contribution in [0, 0.1) is 0 Å². The van der Waals surface area contributed by atoms with E-state index < -0.39 is 6.10 Å². The summed E-state index contributed by atoms with van der Waals surface area (Å²) in [6.07, 6.45) is 1.06. The van der Waals surface area contributed by atoms with Crippen LogP contribution in [-0.2, 0) is 16.1 Å². The highest BCUT2D eigenvalue weighted by molar-refractivity contribution is 5.99. The molecule has 0 aliphatic carbocycles. The Morgan fingerprint density at radius 2 is 1.87 bits per heavy atom. The lowest BCUT2D eigenvalue weighted by Crippen LogP contribution is -2.47. The van der Waals surface area contributed by atoms with Gasteiger partial charge in [-0.3, -0.25) is 9.78 Å². The fourth-order valence-corrected chi connectivity index (χ4v) is 4.91. The molecule has 0 unspecified atom stereocenters. The van der Waals surface area contributed by atoms with Crippen molar-refractivity contribution in [3.63, 3.8) is 0 Å². The minimum Gasteiger partial charge on any atom is -0.497 e. The van der Waals surface area contributed by atoms with Crippen LogP contribution in [0.15, 0.2) is 66.9 Å². The van der Waals surface area contributed by atoms with Gasteiger partial charge >= 0.3 is 6.03 Å². The van der Waals surface area contributed by atoms with E-state index in [9.17, 15) is 14.7 Å². The topological polar surface area (TPSA) is 131 Å². The number of hydrogen-bond donors (Lipinski definition) is 4. The maximum Gasteiger partial charge on any atom is 0.323 e. The van der Waals surface area contributed by atoms with Crippen molar-refractivity contribution in [2.24, 2.45) is 0 Å². The van der Waals surface area contributed by atoms with Crippen LogP contribution in [0.1, 0.15) is 30.0 Å². The van der Waals surface area contributed by atoms with Gasteiger partial charge in [0.05, 0.1) is 38.5 Å². The molecule has 38 heavy (non-hydrogen) atoms. The number of benzene rings is 2. The fraction of sp³-hybridized carbons (Fsp3) is 0.321. The summed E-state index contributed by atoms with van der Waals surface area (Å²) >= 11 is 0. The lowest BCUT2D eigenvalue weighted by molar-refractivity contribution is -0.142. The lowest BCUT2D eigenvalue weighted by Gasteiger charge is -2.37. The molecule has 0 radical (unpaired) electrons. The maximum absolute atomic E-state index is 12.6. The predicted molar refractivity (Wildman–Crippen MR) is 140 cm³/mol. The van der Waals surface area contributed by atoms with E-state index in [1.54, 1.807) is 49.7 Å². The average Bonchev–Trinajstić information content (AvgIpc) is 3.30. The molecular weight excluding hydrogens is 488 g/mol. The monoisotopic (exact) mass is 518 g/mol. The van der Waals surface area contributed by atoms with Gasteiger partial charge in [0.25, 0.3) is 0 Å². The SMILES string of the molecule is COc1ccc(NC(=O)Nc2ccc3c(c2)[C@@H]2C[C@@H](CC(=O)NCc4ccccn4)O[C@H](CO)[C@@H]2O3)cc1. The van der Waals surface area contributed by atoms with Gasteiger partial charge in [-0.2, -0.15) is 0 Å². The molecule has 2 aliphatic rings. The van der Waals surface area contributed by atoms with E-state index in [-0.39, 0.29) is 43.1 Å². The van der Waals surface area contributed by atoms with Crippen molar-refractivity contribution < 1.29 is 28.9 Å².